The van der Waals surface area contributed by atoms with Crippen molar-refractivity contribution in [2.24, 2.45) is 0 Å². The van der Waals surface area contributed by atoms with Crippen LogP contribution in [0.5, 0.6) is 0 Å². The first-order valence-electron chi connectivity index (χ1n) is 8.55. The number of nitrogens with zero attached hydrogens (tertiary/aromatic N) is 2. The molecular formula is C21H13N3O3S. The van der Waals surface area contributed by atoms with Crippen molar-refractivity contribution >= 4 is 22.7 Å². The first-order valence-corrected chi connectivity index (χ1v) is 9.37. The summed E-state index contributed by atoms with van der Waals surface area (Å²) in [5.74, 6) is 0.751. The molecular weight excluding hydrogens is 374 g/mol. The average molecular weight is 387 g/mol. The molecule has 0 aliphatic rings. The molecule has 6 nitrogen and oxygen atoms in total. The summed E-state index contributed by atoms with van der Waals surface area (Å²) in [4.78, 5) is 16.3. The van der Waals surface area contributed by atoms with E-state index < -0.39 is 0 Å². The Morgan fingerprint density at radius 3 is 2.54 bits per heavy atom. The number of H-pyrrole nitrogens is 1. The van der Waals surface area contributed by atoms with Crippen LogP contribution in [0.2, 0.25) is 0 Å². The van der Waals surface area contributed by atoms with Crippen LogP contribution in [0, 0.1) is 0 Å². The summed E-state index contributed by atoms with van der Waals surface area (Å²) < 4.78 is 11.0. The Kier molecular flexibility index (Phi) is 4.06. The van der Waals surface area contributed by atoms with Crippen LogP contribution < -0.4 is 5.56 Å². The molecule has 3 aromatic heterocycles. The Hall–Kier alpha value is -3.58. The second kappa shape index (κ2) is 6.86. The van der Waals surface area contributed by atoms with E-state index in [0.29, 0.717) is 10.7 Å². The Morgan fingerprint density at radius 2 is 1.71 bits per heavy atom. The van der Waals surface area contributed by atoms with Gasteiger partial charge in [-0.25, -0.2) is 0 Å². The van der Waals surface area contributed by atoms with Crippen LogP contribution >= 0.6 is 11.8 Å². The van der Waals surface area contributed by atoms with Gasteiger partial charge in [0.15, 0.2) is 5.76 Å². The molecule has 5 aromatic rings. The van der Waals surface area contributed by atoms with Crippen molar-refractivity contribution in [1.29, 1.82) is 0 Å². The highest BCUT2D eigenvalue weighted by Gasteiger charge is 2.19. The number of furan rings is 1. The molecule has 7 heteroatoms. The lowest BCUT2D eigenvalue weighted by atomic mass is 10.0. The van der Waals surface area contributed by atoms with Gasteiger partial charge in [0.1, 0.15) is 0 Å². The van der Waals surface area contributed by atoms with Gasteiger partial charge in [-0.1, -0.05) is 48.5 Å². The fourth-order valence-corrected chi connectivity index (χ4v) is 3.90. The van der Waals surface area contributed by atoms with Gasteiger partial charge < -0.3 is 13.8 Å². The molecule has 0 saturated carbocycles. The summed E-state index contributed by atoms with van der Waals surface area (Å²) in [6, 6.07) is 21.0. The summed E-state index contributed by atoms with van der Waals surface area (Å²) in [6.45, 7) is 0. The van der Waals surface area contributed by atoms with Crippen LogP contribution in [0.4, 0.5) is 0 Å². The number of fused-ring (bicyclic) bond motifs is 1. The van der Waals surface area contributed by atoms with E-state index in [2.05, 4.69) is 15.2 Å². The topological polar surface area (TPSA) is 84.9 Å². The summed E-state index contributed by atoms with van der Waals surface area (Å²) in [5.41, 5.74) is 2.35. The van der Waals surface area contributed by atoms with Gasteiger partial charge in [-0.3, -0.25) is 4.79 Å². The summed E-state index contributed by atoms with van der Waals surface area (Å²) in [6.07, 6.45) is 1.54. The molecule has 0 spiro atoms. The lowest BCUT2D eigenvalue weighted by Gasteiger charge is -2.11. The third kappa shape index (κ3) is 2.91. The van der Waals surface area contributed by atoms with Gasteiger partial charge in [0.25, 0.3) is 16.7 Å². The molecule has 5 rings (SSSR count). The average Bonchev–Trinajstić information content (AvgIpc) is 3.41. The third-order valence-corrected chi connectivity index (χ3v) is 5.20. The zero-order valence-electron chi connectivity index (χ0n) is 14.5. The molecule has 0 unspecified atom stereocenters. The fourth-order valence-electron chi connectivity index (χ4n) is 3.05. The number of nitrogens with one attached hydrogen (secondary N) is 1. The van der Waals surface area contributed by atoms with E-state index in [1.165, 1.54) is 6.26 Å². The lowest BCUT2D eigenvalue weighted by Crippen LogP contribution is -2.10. The van der Waals surface area contributed by atoms with E-state index in [9.17, 15) is 4.79 Å². The number of rotatable bonds is 4. The number of hydrogen-bond donors (Lipinski definition) is 1. The molecule has 0 fully saturated rings. The van der Waals surface area contributed by atoms with Crippen molar-refractivity contribution in [3.05, 3.63) is 83.3 Å². The number of pyridine rings is 1. The number of para-hydroxylation sites is 1. The molecule has 0 bridgehead atoms. The number of hydrogen-bond acceptors (Lipinski definition) is 6. The van der Waals surface area contributed by atoms with E-state index >= 15 is 0 Å². The van der Waals surface area contributed by atoms with E-state index in [1.807, 2.05) is 54.6 Å². The molecule has 0 amide bonds. The Balaban J connectivity index is 1.67. The van der Waals surface area contributed by atoms with Gasteiger partial charge in [-0.05, 0) is 35.5 Å². The van der Waals surface area contributed by atoms with Crippen LogP contribution in [0.1, 0.15) is 0 Å². The predicted octanol–water partition coefficient (Wildman–Crippen LogP) is 4.99. The second-order valence-electron chi connectivity index (χ2n) is 6.02. The Morgan fingerprint density at radius 1 is 0.893 bits per heavy atom. The van der Waals surface area contributed by atoms with E-state index in [-0.39, 0.29) is 16.7 Å². The second-order valence-corrected chi connectivity index (χ2v) is 6.98. The van der Waals surface area contributed by atoms with Gasteiger partial charge in [0.05, 0.1) is 11.2 Å². The molecule has 0 aliphatic heterocycles. The normalized spacial score (nSPS) is 11.1. The monoisotopic (exact) mass is 387 g/mol. The van der Waals surface area contributed by atoms with Crippen LogP contribution in [0.3, 0.4) is 0 Å². The number of aromatic nitrogens is 3. The molecule has 28 heavy (non-hydrogen) atoms. The van der Waals surface area contributed by atoms with Crippen molar-refractivity contribution in [2.45, 2.75) is 10.1 Å². The minimum Gasteiger partial charge on any atom is -0.459 e. The molecule has 2 aromatic carbocycles. The van der Waals surface area contributed by atoms with Crippen LogP contribution in [0.15, 0.2) is 96.7 Å². The maximum Gasteiger partial charge on any atom is 0.284 e. The SMILES string of the molecule is O=c1[nH]c2ccccc2c(-c2ccccc2)c1Sc1nnc(-c2ccco2)o1. The fraction of sp³-hybridized carbons (Fsp3) is 0. The molecule has 0 saturated heterocycles. The van der Waals surface area contributed by atoms with Crippen LogP contribution in [0.25, 0.3) is 33.7 Å². The van der Waals surface area contributed by atoms with Crippen molar-refractivity contribution < 1.29 is 8.83 Å². The Labute approximate surface area is 163 Å². The molecule has 136 valence electrons. The predicted molar refractivity (Wildman–Crippen MR) is 106 cm³/mol. The third-order valence-electron chi connectivity index (χ3n) is 4.27. The maximum atomic E-state index is 12.9. The molecule has 0 radical (unpaired) electrons. The minimum absolute atomic E-state index is 0.208. The maximum absolute atomic E-state index is 12.9. The number of benzene rings is 2. The standard InChI is InChI=1S/C21H13N3O3S/c25-19-18(28-21-24-23-20(27-21)16-11-6-12-26-16)17(13-7-2-1-3-8-13)14-9-4-5-10-15(14)22-19/h1-12H,(H,22,25). The van der Waals surface area contributed by atoms with Gasteiger partial charge in [0, 0.05) is 16.5 Å². The Bertz CT molecular complexity index is 1310. The summed E-state index contributed by atoms with van der Waals surface area (Å²) in [5, 5.41) is 9.28. The van der Waals surface area contributed by atoms with Crippen molar-refractivity contribution in [3.63, 3.8) is 0 Å². The zero-order chi connectivity index (χ0) is 18.9. The molecule has 0 aliphatic carbocycles. The highest BCUT2D eigenvalue weighted by molar-refractivity contribution is 7.99. The van der Waals surface area contributed by atoms with E-state index in [1.54, 1.807) is 12.1 Å². The largest absolute Gasteiger partial charge is 0.459 e. The van der Waals surface area contributed by atoms with Crippen molar-refractivity contribution in [2.75, 3.05) is 0 Å². The van der Waals surface area contributed by atoms with Gasteiger partial charge in [0.2, 0.25) is 0 Å². The summed E-state index contributed by atoms with van der Waals surface area (Å²) in [7, 11) is 0. The molecule has 0 atom stereocenters. The van der Waals surface area contributed by atoms with E-state index in [4.69, 9.17) is 8.83 Å². The highest BCUT2D eigenvalue weighted by Crippen LogP contribution is 2.37. The van der Waals surface area contributed by atoms with Gasteiger partial charge >= 0.3 is 0 Å². The minimum atomic E-state index is -0.208. The first-order chi connectivity index (χ1) is 13.8. The number of aromatic amines is 1. The molecule has 1 N–H and O–H groups in total. The van der Waals surface area contributed by atoms with Crippen LogP contribution in [-0.4, -0.2) is 15.2 Å². The van der Waals surface area contributed by atoms with E-state index in [0.717, 1.165) is 33.8 Å². The lowest BCUT2D eigenvalue weighted by molar-refractivity contribution is 0.447. The van der Waals surface area contributed by atoms with Crippen molar-refractivity contribution in [3.8, 4) is 22.8 Å². The zero-order valence-corrected chi connectivity index (χ0v) is 15.3. The first kappa shape index (κ1) is 16.6. The highest BCUT2D eigenvalue weighted by atomic mass is 32.2. The van der Waals surface area contributed by atoms with Crippen molar-refractivity contribution in [1.82, 2.24) is 15.2 Å². The van der Waals surface area contributed by atoms with Gasteiger partial charge in [-0.2, -0.15) is 0 Å². The summed E-state index contributed by atoms with van der Waals surface area (Å²) >= 11 is 1.14. The molecule has 3 heterocycles. The van der Waals surface area contributed by atoms with Crippen LogP contribution in [-0.2, 0) is 0 Å². The smallest absolute Gasteiger partial charge is 0.284 e. The van der Waals surface area contributed by atoms with Gasteiger partial charge in [-0.15, -0.1) is 10.2 Å². The quantitative estimate of drug-likeness (QED) is 0.468.